The van der Waals surface area contributed by atoms with E-state index in [1.807, 2.05) is 30.3 Å². The van der Waals surface area contributed by atoms with E-state index < -0.39 is 0 Å². The zero-order chi connectivity index (χ0) is 54.6. The molecular weight excluding hydrogens is 1020 g/mol. The van der Waals surface area contributed by atoms with Gasteiger partial charge in [0.1, 0.15) is 34.5 Å². The molecule has 0 saturated heterocycles. The molecule has 0 radical (unpaired) electrons. The predicted octanol–water partition coefficient (Wildman–Crippen LogP) is 19.3. The van der Waals surface area contributed by atoms with Gasteiger partial charge in [-0.1, -0.05) is 176 Å². The van der Waals surface area contributed by atoms with Crippen LogP contribution in [0.15, 0.2) is 251 Å². The molecule has 8 nitrogen and oxygen atoms in total. The van der Waals surface area contributed by atoms with E-state index in [-0.39, 0.29) is 6.54 Å². The second kappa shape index (κ2) is 17.0. The van der Waals surface area contributed by atoms with E-state index in [1.165, 1.54) is 0 Å². The van der Waals surface area contributed by atoms with Crippen molar-refractivity contribution in [1.29, 1.82) is 10.5 Å². The summed E-state index contributed by atoms with van der Waals surface area (Å²) in [4.78, 5) is 0. The number of nitriles is 2. The van der Waals surface area contributed by atoms with Crippen molar-refractivity contribution in [1.82, 2.24) is 18.3 Å². The monoisotopic (exact) mass is 1060 g/mol. The molecule has 0 fully saturated rings. The summed E-state index contributed by atoms with van der Waals surface area (Å²) in [5.41, 5.74) is 15.9. The summed E-state index contributed by atoms with van der Waals surface area (Å²) in [7, 11) is 0. The number of aromatic nitrogens is 4. The molecule has 12 aromatic carbocycles. The number of nitrogens with zero attached hydrogens (tertiary/aromatic N) is 6. The number of rotatable bonds is 6. The van der Waals surface area contributed by atoms with Gasteiger partial charge in [-0.05, 0) is 77.9 Å². The van der Waals surface area contributed by atoms with E-state index in [9.17, 15) is 10.5 Å². The number of para-hydroxylation sites is 8. The van der Waals surface area contributed by atoms with Crippen LogP contribution in [0.25, 0.3) is 159 Å². The Morgan fingerprint density at radius 3 is 1.20 bits per heavy atom. The molecule has 0 spiro atoms. The summed E-state index contributed by atoms with van der Waals surface area (Å²) in [6, 6.07) is 90.2. The first-order valence-corrected chi connectivity index (χ1v) is 27.9. The van der Waals surface area contributed by atoms with E-state index in [2.05, 4.69) is 243 Å². The van der Waals surface area contributed by atoms with Crippen molar-refractivity contribution in [2.45, 2.75) is 6.54 Å². The summed E-state index contributed by atoms with van der Waals surface area (Å²) in [6.07, 6.45) is 0. The van der Waals surface area contributed by atoms with Crippen LogP contribution in [0, 0.1) is 22.7 Å². The van der Waals surface area contributed by atoms with Crippen LogP contribution in [0.1, 0.15) is 16.7 Å². The average molecular weight is 1060 g/mol. The molecule has 0 aliphatic heterocycles. The van der Waals surface area contributed by atoms with Gasteiger partial charge in [-0.3, -0.25) is 0 Å². The minimum atomic E-state index is 0.157. The number of furan rings is 2. The van der Waals surface area contributed by atoms with E-state index in [0.717, 1.165) is 142 Å². The lowest BCUT2D eigenvalue weighted by atomic mass is 9.94. The number of fused-ring (bicyclic) bond motifs is 19. The molecule has 0 amide bonds. The van der Waals surface area contributed by atoms with E-state index in [0.29, 0.717) is 33.8 Å². The molecule has 83 heavy (non-hydrogen) atoms. The highest BCUT2D eigenvalue weighted by molar-refractivity contribution is 6.26. The average Bonchev–Trinajstić information content (AvgIpc) is 2.20. The molecule has 8 heteroatoms. The van der Waals surface area contributed by atoms with Gasteiger partial charge in [-0.2, -0.15) is 10.5 Å². The molecule has 0 aliphatic carbocycles. The van der Waals surface area contributed by atoms with Crippen LogP contribution in [-0.2, 0) is 6.54 Å². The molecule has 18 aromatic rings. The summed E-state index contributed by atoms with van der Waals surface area (Å²) in [6.45, 7) is 0.157. The van der Waals surface area contributed by atoms with Crippen molar-refractivity contribution in [2.75, 3.05) is 0 Å². The Bertz CT molecular complexity index is 5800. The molecule has 0 N–H and O–H groups in total. The summed E-state index contributed by atoms with van der Waals surface area (Å²) in [5.74, 6) is 0. The molecule has 0 atom stereocenters. The molecule has 0 unspecified atom stereocenters. The normalized spacial score (nSPS) is 12.1. The number of hydrogen-bond donors (Lipinski definition) is 0. The molecular formula is C75H42N6O2. The Kier molecular flexibility index (Phi) is 9.26. The minimum absolute atomic E-state index is 0.157. The SMILES string of the molecule is N#Cc1c(Cn2c3cccc(-c4cccc5oc6ccccc6c45)c3c3ccc4c5ccccc5oc4c32)c(-n2c3ccccc3c3ccccc32)c(C#N)c(-n2c3ccccc3c3ccccc32)c1-n1c2ccccc2c2ccccc21. The highest BCUT2D eigenvalue weighted by Gasteiger charge is 2.34. The van der Waals surface area contributed by atoms with Crippen molar-refractivity contribution >= 4 is 131 Å². The second-order valence-electron chi connectivity index (χ2n) is 21.6. The minimum Gasteiger partial charge on any atom is -0.456 e. The zero-order valence-electron chi connectivity index (χ0n) is 44.3. The highest BCUT2D eigenvalue weighted by atomic mass is 16.3. The first-order chi connectivity index (χ1) is 41.2. The maximum Gasteiger partial charge on any atom is 0.159 e. The maximum absolute atomic E-state index is 12.8. The third-order valence-corrected chi connectivity index (χ3v) is 17.6. The fourth-order valence-corrected chi connectivity index (χ4v) is 14.3. The van der Waals surface area contributed by atoms with Crippen LogP contribution in [0.4, 0.5) is 0 Å². The van der Waals surface area contributed by atoms with Crippen LogP contribution >= 0.6 is 0 Å². The van der Waals surface area contributed by atoms with E-state index in [4.69, 9.17) is 8.83 Å². The quantitative estimate of drug-likeness (QED) is 0.166. The maximum atomic E-state index is 12.8. The molecule has 18 rings (SSSR count). The smallest absolute Gasteiger partial charge is 0.159 e. The molecule has 0 aliphatic rings. The fourth-order valence-electron chi connectivity index (χ4n) is 14.3. The van der Waals surface area contributed by atoms with Gasteiger partial charge in [-0.25, -0.2) is 0 Å². The van der Waals surface area contributed by atoms with Gasteiger partial charge >= 0.3 is 0 Å². The van der Waals surface area contributed by atoms with Crippen molar-refractivity contribution in [3.63, 3.8) is 0 Å². The first-order valence-electron chi connectivity index (χ1n) is 27.9. The fraction of sp³-hybridized carbons (Fsp3) is 0.0133. The topological polar surface area (TPSA) is 93.6 Å². The Morgan fingerprint density at radius 1 is 0.301 bits per heavy atom. The summed E-state index contributed by atoms with van der Waals surface area (Å²) >= 11 is 0. The van der Waals surface area contributed by atoms with Crippen LogP contribution in [0.3, 0.4) is 0 Å². The largest absolute Gasteiger partial charge is 0.456 e. The Morgan fingerprint density at radius 2 is 0.687 bits per heavy atom. The van der Waals surface area contributed by atoms with Crippen LogP contribution in [0.2, 0.25) is 0 Å². The second-order valence-corrected chi connectivity index (χ2v) is 21.6. The van der Waals surface area contributed by atoms with E-state index >= 15 is 0 Å². The van der Waals surface area contributed by atoms with Gasteiger partial charge in [0.15, 0.2) is 5.58 Å². The van der Waals surface area contributed by atoms with Gasteiger partial charge in [0.2, 0.25) is 0 Å². The lowest BCUT2D eigenvalue weighted by molar-refractivity contribution is 0.668. The summed E-state index contributed by atoms with van der Waals surface area (Å²) < 4.78 is 22.8. The van der Waals surface area contributed by atoms with Crippen molar-refractivity contribution in [3.8, 4) is 40.3 Å². The summed E-state index contributed by atoms with van der Waals surface area (Å²) in [5, 5.41) is 37.8. The molecule has 0 saturated carbocycles. The Balaban J connectivity index is 1.07. The van der Waals surface area contributed by atoms with Crippen molar-refractivity contribution in [3.05, 3.63) is 259 Å². The van der Waals surface area contributed by atoms with Crippen LogP contribution in [-0.4, -0.2) is 18.3 Å². The van der Waals surface area contributed by atoms with Gasteiger partial charge in [0.25, 0.3) is 0 Å². The molecule has 384 valence electrons. The Hall–Kier alpha value is -11.6. The Labute approximate surface area is 472 Å². The first kappa shape index (κ1) is 45.3. The van der Waals surface area contributed by atoms with Gasteiger partial charge in [0, 0.05) is 70.2 Å². The van der Waals surface area contributed by atoms with Gasteiger partial charge in [-0.15, -0.1) is 0 Å². The van der Waals surface area contributed by atoms with Gasteiger partial charge < -0.3 is 27.1 Å². The third-order valence-electron chi connectivity index (χ3n) is 17.6. The zero-order valence-corrected chi connectivity index (χ0v) is 44.3. The van der Waals surface area contributed by atoms with Crippen molar-refractivity contribution in [2.24, 2.45) is 0 Å². The predicted molar refractivity (Wildman–Crippen MR) is 337 cm³/mol. The standard InChI is InChI=1S/C75H42N6O2/c76-41-56-58(43-78-65-35-17-27-51(52-28-18-38-68-70(52)54-26-8-16-37-67(54)82-68)69(65)55-40-39-53-50-25-7-15-36-66(50)83-75(53)74(55)78)71(79-59-29-9-1-19-44(59)45-20-2-10-30-60(45)79)57(42-77)73(81-63-33-13-5-23-48(63)49-24-6-14-34-64(49)81)72(56)80-61-31-11-3-21-46(61)47-22-4-12-32-62(47)80/h1-40H,43H2. The van der Waals surface area contributed by atoms with Gasteiger partial charge in [0.05, 0.1) is 73.3 Å². The highest BCUT2D eigenvalue weighted by Crippen LogP contribution is 2.49. The van der Waals surface area contributed by atoms with Crippen molar-refractivity contribution < 1.29 is 8.83 Å². The molecule has 6 aromatic heterocycles. The van der Waals surface area contributed by atoms with Crippen LogP contribution in [0.5, 0.6) is 0 Å². The number of hydrogen-bond acceptors (Lipinski definition) is 4. The third kappa shape index (κ3) is 6.05. The lowest BCUT2D eigenvalue weighted by Crippen LogP contribution is -2.17. The molecule has 0 bridgehead atoms. The van der Waals surface area contributed by atoms with Crippen LogP contribution < -0.4 is 0 Å². The number of benzene rings is 12. The molecule has 6 heterocycles. The lowest BCUT2D eigenvalue weighted by Gasteiger charge is -2.26. The van der Waals surface area contributed by atoms with E-state index in [1.54, 1.807) is 0 Å².